The number of carbonyl (C=O) groups is 2. The van der Waals surface area contributed by atoms with E-state index in [1.807, 2.05) is 54.0 Å². The van der Waals surface area contributed by atoms with E-state index in [-0.39, 0.29) is 45.4 Å². The van der Waals surface area contributed by atoms with Crippen LogP contribution in [0.5, 0.6) is 0 Å². The quantitative estimate of drug-likeness (QED) is 0.203. The molecule has 1 aromatic heterocycles. The highest BCUT2D eigenvalue weighted by molar-refractivity contribution is 6.07. The molecule has 0 bridgehead atoms. The van der Waals surface area contributed by atoms with Gasteiger partial charge in [-0.05, 0) is 60.2 Å². The van der Waals surface area contributed by atoms with Crippen LogP contribution in [0.25, 0.3) is 16.5 Å². The van der Waals surface area contributed by atoms with Crippen LogP contribution in [0.15, 0.2) is 79.2 Å². The van der Waals surface area contributed by atoms with E-state index in [1.165, 1.54) is 12.1 Å². The fourth-order valence-electron chi connectivity index (χ4n) is 5.25. The van der Waals surface area contributed by atoms with Crippen molar-refractivity contribution in [3.05, 3.63) is 119 Å². The largest absolute Gasteiger partial charge is 0.464 e. The maximum atomic E-state index is 13.9. The maximum absolute atomic E-state index is 13.9. The van der Waals surface area contributed by atoms with Gasteiger partial charge in [0.2, 0.25) is 0 Å². The summed E-state index contributed by atoms with van der Waals surface area (Å²) in [5.74, 6) is -1.85. The fourth-order valence-corrected chi connectivity index (χ4v) is 5.25. The van der Waals surface area contributed by atoms with Gasteiger partial charge in [-0.25, -0.2) is 8.78 Å². The predicted molar refractivity (Wildman–Crippen MR) is 158 cm³/mol. The van der Waals surface area contributed by atoms with Crippen molar-refractivity contribution in [2.24, 2.45) is 0 Å². The Morgan fingerprint density at radius 1 is 1.02 bits per heavy atom. The van der Waals surface area contributed by atoms with Crippen molar-refractivity contribution in [3.8, 4) is 0 Å². The van der Waals surface area contributed by atoms with Crippen molar-refractivity contribution in [3.63, 3.8) is 0 Å². The van der Waals surface area contributed by atoms with Crippen molar-refractivity contribution in [2.45, 2.75) is 40.2 Å². The lowest BCUT2D eigenvalue weighted by Crippen LogP contribution is -2.35. The molecule has 5 rings (SSSR count). The smallest absolute Gasteiger partial charge is 0.310 e. The average Bonchev–Trinajstić information content (AvgIpc) is 3.26. The van der Waals surface area contributed by atoms with E-state index in [4.69, 9.17) is 4.74 Å². The number of aromatic nitrogens is 1. The first-order chi connectivity index (χ1) is 19.3. The number of ether oxygens (including phenoxy) is 1. The summed E-state index contributed by atoms with van der Waals surface area (Å²) in [5, 5.41) is 0.765. The summed E-state index contributed by atoms with van der Waals surface area (Å²) in [7, 11) is 0. The Morgan fingerprint density at radius 2 is 1.76 bits per heavy atom. The van der Waals surface area contributed by atoms with E-state index in [1.54, 1.807) is 11.1 Å². The minimum absolute atomic E-state index is 0. The Morgan fingerprint density at radius 3 is 2.49 bits per heavy atom. The van der Waals surface area contributed by atoms with Gasteiger partial charge in [0.1, 0.15) is 18.2 Å². The molecule has 7 heteroatoms. The fraction of sp³-hybridized carbons (Fsp3) is 0.265. The number of fused-ring (bicyclic) bond motifs is 2. The molecule has 2 heterocycles. The molecule has 0 fully saturated rings. The van der Waals surface area contributed by atoms with Crippen LogP contribution < -0.4 is 0 Å². The Kier molecular flexibility index (Phi) is 9.21. The van der Waals surface area contributed by atoms with Crippen LogP contribution in [0, 0.1) is 18.6 Å². The number of allylic oxidation sites excluding steroid dienone is 1. The Bertz CT molecular complexity index is 1630. The highest BCUT2D eigenvalue weighted by Gasteiger charge is 2.23. The second-order valence-corrected chi connectivity index (χ2v) is 10.1. The summed E-state index contributed by atoms with van der Waals surface area (Å²) < 4.78 is 35.2. The number of nitrogens with zero attached hydrogens (tertiary/aromatic N) is 2. The number of esters is 1. The topological polar surface area (TPSA) is 51.5 Å². The molecule has 0 N–H and O–H groups in total. The molecule has 5 nitrogen and oxygen atoms in total. The molecule has 1 aliphatic rings. The minimum Gasteiger partial charge on any atom is -0.464 e. The number of aryl methyl sites for hydroxylation is 2. The molecule has 1 aliphatic heterocycles. The zero-order valence-corrected chi connectivity index (χ0v) is 22.4. The summed E-state index contributed by atoms with van der Waals surface area (Å²) >= 11 is 0. The molecule has 0 spiro atoms. The molecular formula is C34H34F2N2O3. The maximum Gasteiger partial charge on any atom is 0.310 e. The number of cyclic esters (lactones) is 1. The van der Waals surface area contributed by atoms with Crippen molar-refractivity contribution in [1.29, 1.82) is 0 Å². The van der Waals surface area contributed by atoms with Crippen LogP contribution in [0.1, 0.15) is 46.5 Å². The summed E-state index contributed by atoms with van der Waals surface area (Å²) in [6, 6.07) is 17.0. The monoisotopic (exact) mass is 556 g/mol. The number of amides is 1. The van der Waals surface area contributed by atoms with Crippen LogP contribution in [-0.2, 0) is 28.9 Å². The van der Waals surface area contributed by atoms with Crippen LogP contribution in [0.3, 0.4) is 0 Å². The van der Waals surface area contributed by atoms with Crippen LogP contribution in [0.4, 0.5) is 8.78 Å². The first-order valence-corrected chi connectivity index (χ1v) is 13.3. The van der Waals surface area contributed by atoms with E-state index in [2.05, 4.69) is 12.3 Å². The molecule has 0 atom stereocenters. The third kappa shape index (κ3) is 6.64. The van der Waals surface area contributed by atoms with Gasteiger partial charge in [-0.1, -0.05) is 50.4 Å². The standard InChI is InChI=1S/C33H30F2N2O3.CH4/c1-3-23(26-16-27(34)19-28(35)17-26)20-37-21-30(29-11-10-22(2)15-31(29)37)33(39)36-12-6-9-24-7-4-5-8-25(24)18-32(38)40-14-13-36;/h4-5,7-8,10-11,15-17,19,21H,1,6,9,12-14,18,20H2,2H3;1H4. The van der Waals surface area contributed by atoms with Crippen molar-refractivity contribution in [2.75, 3.05) is 19.7 Å². The van der Waals surface area contributed by atoms with Gasteiger partial charge >= 0.3 is 5.97 Å². The van der Waals surface area contributed by atoms with E-state index >= 15 is 0 Å². The van der Waals surface area contributed by atoms with Crippen molar-refractivity contribution in [1.82, 2.24) is 9.47 Å². The molecule has 3 aromatic carbocycles. The summed E-state index contributed by atoms with van der Waals surface area (Å²) in [5.41, 5.74) is 8.01. The molecule has 0 radical (unpaired) electrons. The van der Waals surface area contributed by atoms with Gasteiger partial charge in [-0.3, -0.25) is 9.59 Å². The summed E-state index contributed by atoms with van der Waals surface area (Å²) in [4.78, 5) is 28.1. The van der Waals surface area contributed by atoms with Gasteiger partial charge < -0.3 is 14.2 Å². The molecule has 212 valence electrons. The molecular weight excluding hydrogens is 522 g/mol. The summed E-state index contributed by atoms with van der Waals surface area (Å²) in [6.45, 7) is 6.81. The molecule has 0 saturated carbocycles. The first kappa shape index (κ1) is 29.5. The summed E-state index contributed by atoms with van der Waals surface area (Å²) in [6.07, 6.45) is 3.46. The molecule has 0 unspecified atom stereocenters. The lowest BCUT2D eigenvalue weighted by atomic mass is 10.0. The second-order valence-electron chi connectivity index (χ2n) is 10.1. The van der Waals surface area contributed by atoms with E-state index < -0.39 is 11.6 Å². The molecule has 4 aromatic rings. The van der Waals surface area contributed by atoms with Crippen LogP contribution >= 0.6 is 0 Å². The van der Waals surface area contributed by atoms with Crippen LogP contribution in [-0.4, -0.2) is 41.0 Å². The Balaban J connectivity index is 0.00000387. The first-order valence-electron chi connectivity index (χ1n) is 13.3. The lowest BCUT2D eigenvalue weighted by Gasteiger charge is -2.22. The molecule has 1 amide bonds. The van der Waals surface area contributed by atoms with Gasteiger partial charge in [0, 0.05) is 35.3 Å². The van der Waals surface area contributed by atoms with E-state index in [0.717, 1.165) is 46.5 Å². The van der Waals surface area contributed by atoms with Crippen molar-refractivity contribution < 1.29 is 23.1 Å². The highest BCUT2D eigenvalue weighted by atomic mass is 19.1. The van der Waals surface area contributed by atoms with Crippen LogP contribution in [0.2, 0.25) is 0 Å². The number of halogens is 2. The van der Waals surface area contributed by atoms with Gasteiger partial charge in [0.25, 0.3) is 5.91 Å². The second kappa shape index (κ2) is 12.8. The van der Waals surface area contributed by atoms with Crippen molar-refractivity contribution >= 4 is 28.4 Å². The van der Waals surface area contributed by atoms with E-state index in [0.29, 0.717) is 23.2 Å². The lowest BCUT2D eigenvalue weighted by molar-refractivity contribution is -0.143. The Labute approximate surface area is 239 Å². The van der Waals surface area contributed by atoms with Gasteiger partial charge in [0.15, 0.2) is 0 Å². The SMILES string of the molecule is C.C=C=C(Cn1cc(C(=O)N2CCCc3ccccc3CC(=O)OCC2)c2ccc(C)cc21)c1cc(F)cc(F)c1. The Hall–Kier alpha value is -4.48. The van der Waals surface area contributed by atoms with E-state index in [9.17, 15) is 18.4 Å². The number of hydrogen-bond acceptors (Lipinski definition) is 3. The van der Waals surface area contributed by atoms with Gasteiger partial charge in [0.05, 0.1) is 25.1 Å². The predicted octanol–water partition coefficient (Wildman–Crippen LogP) is 6.91. The number of rotatable bonds is 4. The minimum atomic E-state index is -0.685. The zero-order chi connectivity index (χ0) is 28.2. The third-order valence-corrected chi connectivity index (χ3v) is 7.26. The molecule has 0 aliphatic carbocycles. The van der Waals surface area contributed by atoms with Gasteiger partial charge in [-0.2, -0.15) is 0 Å². The normalized spacial score (nSPS) is 13.8. The number of hydrogen-bond donors (Lipinski definition) is 0. The molecule has 41 heavy (non-hydrogen) atoms. The number of carbonyl (C=O) groups excluding carboxylic acids is 2. The highest BCUT2D eigenvalue weighted by Crippen LogP contribution is 2.28. The molecule has 0 saturated heterocycles. The number of benzene rings is 3. The third-order valence-electron chi connectivity index (χ3n) is 7.26. The average molecular weight is 557 g/mol. The zero-order valence-electron chi connectivity index (χ0n) is 22.4. The van der Waals surface area contributed by atoms with Gasteiger partial charge in [-0.15, -0.1) is 5.73 Å².